The smallest absolute Gasteiger partial charge is 0.142 e. The molecule has 12 heavy (non-hydrogen) atoms. The predicted octanol–water partition coefficient (Wildman–Crippen LogP) is 4.38. The van der Waals surface area contributed by atoms with E-state index in [-0.39, 0.29) is 8.95 Å². The lowest BCUT2D eigenvalue weighted by molar-refractivity contribution is 0.580. The van der Waals surface area contributed by atoms with Gasteiger partial charge in [0.2, 0.25) is 0 Å². The van der Waals surface area contributed by atoms with Crippen molar-refractivity contribution in [2.75, 3.05) is 0 Å². The first-order valence-electron chi connectivity index (χ1n) is 2.95. The van der Waals surface area contributed by atoms with Crippen LogP contribution in [0.25, 0.3) is 0 Å². The molecule has 0 amide bonds. The Balaban J connectivity index is 3.39. The second kappa shape index (κ2) is 4.15. The molecule has 1 aromatic carbocycles. The lowest BCUT2D eigenvalue weighted by atomic mass is 10.2. The van der Waals surface area contributed by atoms with E-state index in [1.165, 1.54) is 0 Å². The van der Waals surface area contributed by atoms with Crippen molar-refractivity contribution in [2.45, 2.75) is 5.33 Å². The van der Waals surface area contributed by atoms with Crippen LogP contribution in [0, 0.1) is 11.6 Å². The summed E-state index contributed by atoms with van der Waals surface area (Å²) in [7, 11) is 0. The van der Waals surface area contributed by atoms with E-state index in [0.717, 1.165) is 6.07 Å². The highest BCUT2D eigenvalue weighted by molar-refractivity contribution is 9.13. The molecule has 0 aliphatic rings. The lowest BCUT2D eigenvalue weighted by Gasteiger charge is -2.04. The van der Waals surface area contributed by atoms with Gasteiger partial charge in [-0.1, -0.05) is 15.9 Å². The zero-order chi connectivity index (χ0) is 9.30. The Hall–Kier alpha value is 0.520. The number of rotatable bonds is 1. The van der Waals surface area contributed by atoms with Gasteiger partial charge in [0.05, 0.1) is 8.95 Å². The lowest BCUT2D eigenvalue weighted by Crippen LogP contribution is -1.92. The monoisotopic (exact) mass is 362 g/mol. The second-order valence-corrected chi connectivity index (χ2v) is 4.24. The Kier molecular flexibility index (Phi) is 3.67. The molecule has 0 N–H and O–H groups in total. The molecule has 1 rings (SSSR count). The standard InChI is InChI=1S/C7H3Br3F2/c8-2-3-1-4(11)5(9)6(10)7(3)12/h1H,2H2. The van der Waals surface area contributed by atoms with Gasteiger partial charge in [-0.2, -0.15) is 0 Å². The Bertz CT molecular complexity index is 312. The molecule has 0 aliphatic carbocycles. The quantitative estimate of drug-likeness (QED) is 0.394. The maximum absolute atomic E-state index is 13.2. The molecule has 0 fully saturated rings. The molecule has 5 heteroatoms. The number of halogens is 5. The van der Waals surface area contributed by atoms with E-state index in [2.05, 4.69) is 47.8 Å². The van der Waals surface area contributed by atoms with Crippen LogP contribution in [0.1, 0.15) is 5.56 Å². The minimum atomic E-state index is -0.474. The summed E-state index contributed by atoms with van der Waals surface area (Å²) in [6.07, 6.45) is 0. The summed E-state index contributed by atoms with van der Waals surface area (Å²) in [6.45, 7) is 0. The average molecular weight is 365 g/mol. The van der Waals surface area contributed by atoms with Crippen molar-refractivity contribution in [3.63, 3.8) is 0 Å². The normalized spacial score (nSPS) is 10.4. The summed E-state index contributed by atoms with van der Waals surface area (Å²) >= 11 is 8.91. The maximum Gasteiger partial charge on any atom is 0.142 e. The van der Waals surface area contributed by atoms with Crippen LogP contribution in [0.2, 0.25) is 0 Å². The molecule has 0 radical (unpaired) electrons. The summed E-state index contributed by atoms with van der Waals surface area (Å²) in [4.78, 5) is 0. The van der Waals surface area contributed by atoms with Crippen molar-refractivity contribution in [3.8, 4) is 0 Å². The van der Waals surface area contributed by atoms with E-state index in [0.29, 0.717) is 10.9 Å². The predicted molar refractivity (Wildman–Crippen MR) is 54.4 cm³/mol. The van der Waals surface area contributed by atoms with Gasteiger partial charge in [0.1, 0.15) is 11.6 Å². The zero-order valence-electron chi connectivity index (χ0n) is 5.67. The number of hydrogen-bond acceptors (Lipinski definition) is 0. The minimum Gasteiger partial charge on any atom is -0.206 e. The SMILES string of the molecule is Fc1cc(CBr)c(F)c(Br)c1Br. The van der Waals surface area contributed by atoms with Crippen LogP contribution in [-0.4, -0.2) is 0 Å². The third kappa shape index (κ3) is 1.88. The largest absolute Gasteiger partial charge is 0.206 e. The van der Waals surface area contributed by atoms with Crippen LogP contribution in [-0.2, 0) is 5.33 Å². The van der Waals surface area contributed by atoms with E-state index in [9.17, 15) is 8.78 Å². The molecule has 0 atom stereocenters. The molecule has 0 aromatic heterocycles. The van der Waals surface area contributed by atoms with Gasteiger partial charge in [-0.05, 0) is 37.9 Å². The summed E-state index contributed by atoms with van der Waals surface area (Å²) in [5, 5.41) is 0.293. The van der Waals surface area contributed by atoms with Gasteiger partial charge >= 0.3 is 0 Å². The molecule has 1 aromatic rings. The van der Waals surface area contributed by atoms with E-state index >= 15 is 0 Å². The maximum atomic E-state index is 13.2. The fourth-order valence-electron chi connectivity index (χ4n) is 0.719. The third-order valence-corrected chi connectivity index (χ3v) is 3.98. The topological polar surface area (TPSA) is 0 Å². The number of alkyl halides is 1. The number of hydrogen-bond donors (Lipinski definition) is 0. The van der Waals surface area contributed by atoms with Gasteiger partial charge in [0, 0.05) is 10.9 Å². The van der Waals surface area contributed by atoms with Gasteiger partial charge < -0.3 is 0 Å². The first-order chi connectivity index (χ1) is 5.57. The van der Waals surface area contributed by atoms with Gasteiger partial charge in [-0.3, -0.25) is 0 Å². The molecule has 0 aliphatic heterocycles. The fraction of sp³-hybridized carbons (Fsp3) is 0.143. The third-order valence-electron chi connectivity index (χ3n) is 1.32. The zero-order valence-corrected chi connectivity index (χ0v) is 10.4. The summed E-state index contributed by atoms with van der Waals surface area (Å²) in [6, 6.07) is 1.15. The van der Waals surface area contributed by atoms with Gasteiger partial charge in [-0.25, -0.2) is 8.78 Å². The summed E-state index contributed by atoms with van der Waals surface area (Å²) < 4.78 is 26.3. The van der Waals surface area contributed by atoms with Crippen LogP contribution < -0.4 is 0 Å². The van der Waals surface area contributed by atoms with Crippen molar-refractivity contribution < 1.29 is 8.78 Å². The summed E-state index contributed by atoms with van der Waals surface area (Å²) in [5.74, 6) is -0.919. The fourth-order valence-corrected chi connectivity index (χ4v) is 1.86. The van der Waals surface area contributed by atoms with Gasteiger partial charge in [-0.15, -0.1) is 0 Å². The second-order valence-electron chi connectivity index (χ2n) is 2.09. The van der Waals surface area contributed by atoms with Crippen LogP contribution in [0.15, 0.2) is 15.0 Å². The van der Waals surface area contributed by atoms with E-state index in [1.807, 2.05) is 0 Å². The van der Waals surface area contributed by atoms with Crippen molar-refractivity contribution in [3.05, 3.63) is 32.2 Å². The van der Waals surface area contributed by atoms with E-state index < -0.39 is 11.6 Å². The molecule has 0 nitrogen and oxygen atoms in total. The average Bonchev–Trinajstić information content (AvgIpc) is 2.08. The van der Waals surface area contributed by atoms with E-state index in [4.69, 9.17) is 0 Å². The molecule has 0 saturated heterocycles. The first-order valence-corrected chi connectivity index (χ1v) is 5.66. The minimum absolute atomic E-state index is 0.115. The summed E-state index contributed by atoms with van der Waals surface area (Å²) in [5.41, 5.74) is 0.294. The van der Waals surface area contributed by atoms with Crippen LogP contribution in [0.4, 0.5) is 8.78 Å². The number of benzene rings is 1. The highest BCUT2D eigenvalue weighted by atomic mass is 79.9. The van der Waals surface area contributed by atoms with E-state index in [1.54, 1.807) is 0 Å². The molecular weight excluding hydrogens is 362 g/mol. The highest BCUT2D eigenvalue weighted by Crippen LogP contribution is 2.31. The molecule has 0 bridgehead atoms. The molecule has 66 valence electrons. The Morgan fingerprint density at radius 3 is 2.25 bits per heavy atom. The van der Waals surface area contributed by atoms with Crippen LogP contribution in [0.3, 0.4) is 0 Å². The molecule has 0 spiro atoms. The van der Waals surface area contributed by atoms with Crippen molar-refractivity contribution >= 4 is 47.8 Å². The molecule has 0 saturated carbocycles. The highest BCUT2D eigenvalue weighted by Gasteiger charge is 2.13. The van der Waals surface area contributed by atoms with Crippen molar-refractivity contribution in [2.24, 2.45) is 0 Å². The van der Waals surface area contributed by atoms with Gasteiger partial charge in [0.15, 0.2) is 0 Å². The Morgan fingerprint density at radius 2 is 1.75 bits per heavy atom. The van der Waals surface area contributed by atoms with Crippen molar-refractivity contribution in [1.29, 1.82) is 0 Å². The molecule has 0 heterocycles. The Labute approximate surface area is 93.7 Å². The van der Waals surface area contributed by atoms with Crippen LogP contribution >= 0.6 is 47.8 Å². The molecule has 0 unspecified atom stereocenters. The first kappa shape index (κ1) is 10.6. The molecular formula is C7H3Br3F2. The van der Waals surface area contributed by atoms with Crippen LogP contribution in [0.5, 0.6) is 0 Å². The Morgan fingerprint density at radius 1 is 1.17 bits per heavy atom. The van der Waals surface area contributed by atoms with Gasteiger partial charge in [0.25, 0.3) is 0 Å². The van der Waals surface area contributed by atoms with Crippen molar-refractivity contribution in [1.82, 2.24) is 0 Å².